The molecule has 0 saturated carbocycles. The first-order chi connectivity index (χ1) is 11.0. The first-order valence-electron chi connectivity index (χ1n) is 6.19. The van der Waals surface area contributed by atoms with Crippen LogP contribution >= 0.6 is 0 Å². The maximum atomic E-state index is 12.7. The number of ether oxygens (including phenoxy) is 1. The molecule has 2 aromatic carbocycles. The zero-order valence-electron chi connectivity index (χ0n) is 11.5. The molecule has 0 aliphatic carbocycles. The van der Waals surface area contributed by atoms with Gasteiger partial charge in [-0.1, -0.05) is 18.2 Å². The molecule has 0 spiro atoms. The van der Waals surface area contributed by atoms with E-state index in [2.05, 4.69) is 4.74 Å². The number of halogens is 6. The molecule has 0 atom stereocenters. The van der Waals surface area contributed by atoms with Crippen molar-refractivity contribution in [3.63, 3.8) is 0 Å². The quantitative estimate of drug-likeness (QED) is 0.435. The molecule has 0 saturated heterocycles. The van der Waals surface area contributed by atoms with Crippen molar-refractivity contribution in [3.05, 3.63) is 58.1 Å². The van der Waals surface area contributed by atoms with Gasteiger partial charge in [0.1, 0.15) is 0 Å². The largest absolute Gasteiger partial charge is 0.573 e. The Morgan fingerprint density at radius 2 is 1.54 bits per heavy atom. The van der Waals surface area contributed by atoms with E-state index in [4.69, 9.17) is 0 Å². The summed E-state index contributed by atoms with van der Waals surface area (Å²) >= 11 is 0. The van der Waals surface area contributed by atoms with Crippen molar-refractivity contribution in [2.75, 3.05) is 0 Å². The van der Waals surface area contributed by atoms with Crippen molar-refractivity contribution in [2.24, 2.45) is 0 Å². The van der Waals surface area contributed by atoms with Gasteiger partial charge < -0.3 is 4.74 Å². The second kappa shape index (κ2) is 6.02. The van der Waals surface area contributed by atoms with Gasteiger partial charge in [-0.25, -0.2) is 0 Å². The SMILES string of the molecule is O=[N+]([O-])c1cc(-c2cccc(C(F)(F)F)c2)ccc1OC(F)(F)F. The van der Waals surface area contributed by atoms with Crippen LogP contribution in [0, 0.1) is 10.1 Å². The molecule has 0 aliphatic rings. The molecule has 0 N–H and O–H groups in total. The molecule has 4 nitrogen and oxygen atoms in total. The molecule has 0 amide bonds. The van der Waals surface area contributed by atoms with E-state index in [9.17, 15) is 36.5 Å². The van der Waals surface area contributed by atoms with E-state index in [-0.39, 0.29) is 11.1 Å². The highest BCUT2D eigenvalue weighted by Gasteiger charge is 2.35. The number of hydrogen-bond acceptors (Lipinski definition) is 3. The summed E-state index contributed by atoms with van der Waals surface area (Å²) in [7, 11) is 0. The Balaban J connectivity index is 2.50. The van der Waals surface area contributed by atoms with Crippen molar-refractivity contribution in [3.8, 4) is 16.9 Å². The molecule has 0 heterocycles. The summed E-state index contributed by atoms with van der Waals surface area (Å²) in [4.78, 5) is 9.78. The van der Waals surface area contributed by atoms with Crippen molar-refractivity contribution in [1.29, 1.82) is 0 Å². The van der Waals surface area contributed by atoms with E-state index < -0.39 is 34.5 Å². The Kier molecular flexibility index (Phi) is 4.41. The van der Waals surface area contributed by atoms with Crippen molar-refractivity contribution in [2.45, 2.75) is 12.5 Å². The summed E-state index contributed by atoms with van der Waals surface area (Å²) in [6, 6.07) is 6.28. The molecule has 24 heavy (non-hydrogen) atoms. The smallest absolute Gasteiger partial charge is 0.398 e. The van der Waals surface area contributed by atoms with Gasteiger partial charge in [0.15, 0.2) is 0 Å². The Hall–Kier alpha value is -2.78. The van der Waals surface area contributed by atoms with Gasteiger partial charge in [-0.05, 0) is 29.3 Å². The third kappa shape index (κ3) is 4.15. The Bertz CT molecular complexity index is 770. The van der Waals surface area contributed by atoms with Crippen LogP contribution in [-0.4, -0.2) is 11.3 Å². The average molecular weight is 351 g/mol. The zero-order chi connectivity index (χ0) is 18.1. The highest BCUT2D eigenvalue weighted by molar-refractivity contribution is 5.69. The normalized spacial score (nSPS) is 12.1. The Labute approximate surface area is 130 Å². The minimum atomic E-state index is -5.14. The highest BCUT2D eigenvalue weighted by Crippen LogP contribution is 2.37. The maximum Gasteiger partial charge on any atom is 0.573 e. The lowest BCUT2D eigenvalue weighted by Crippen LogP contribution is -2.17. The number of nitrogens with zero attached hydrogens (tertiary/aromatic N) is 1. The molecule has 128 valence electrons. The number of nitro benzene ring substituents is 1. The Morgan fingerprint density at radius 3 is 2.08 bits per heavy atom. The van der Waals surface area contributed by atoms with E-state index in [1.54, 1.807) is 0 Å². The average Bonchev–Trinajstić information content (AvgIpc) is 2.45. The molecule has 0 fully saturated rings. The maximum absolute atomic E-state index is 12.7. The highest BCUT2D eigenvalue weighted by atomic mass is 19.4. The van der Waals surface area contributed by atoms with Gasteiger partial charge in [-0.2, -0.15) is 13.2 Å². The monoisotopic (exact) mass is 351 g/mol. The van der Waals surface area contributed by atoms with E-state index >= 15 is 0 Å². The lowest BCUT2D eigenvalue weighted by Gasteiger charge is -2.11. The summed E-state index contributed by atoms with van der Waals surface area (Å²) in [6.07, 6.45) is -9.76. The van der Waals surface area contributed by atoms with E-state index in [1.165, 1.54) is 6.07 Å². The number of rotatable bonds is 3. The summed E-state index contributed by atoms with van der Waals surface area (Å²) in [5, 5.41) is 10.9. The van der Waals surface area contributed by atoms with Gasteiger partial charge in [-0.3, -0.25) is 10.1 Å². The molecule has 0 bridgehead atoms. The molecule has 0 unspecified atom stereocenters. The zero-order valence-corrected chi connectivity index (χ0v) is 11.5. The molecule has 0 aliphatic heterocycles. The molecule has 10 heteroatoms. The standard InChI is InChI=1S/C14H7F6NO3/c15-13(16,17)10-3-1-2-8(6-10)9-4-5-12(24-14(18,19)20)11(7-9)21(22)23/h1-7H. The summed E-state index contributed by atoms with van der Waals surface area (Å²) in [6.45, 7) is 0. The topological polar surface area (TPSA) is 52.4 Å². The summed E-state index contributed by atoms with van der Waals surface area (Å²) in [5.41, 5.74) is -2.09. The van der Waals surface area contributed by atoms with Crippen molar-refractivity contribution in [1.82, 2.24) is 0 Å². The lowest BCUT2D eigenvalue weighted by atomic mass is 10.0. The van der Waals surface area contributed by atoms with Gasteiger partial charge >= 0.3 is 18.2 Å². The minimum Gasteiger partial charge on any atom is -0.398 e. The van der Waals surface area contributed by atoms with Gasteiger partial charge in [0, 0.05) is 6.07 Å². The number of hydrogen-bond donors (Lipinski definition) is 0. The van der Waals surface area contributed by atoms with Gasteiger partial charge in [0.2, 0.25) is 5.75 Å². The third-order valence-electron chi connectivity index (χ3n) is 2.90. The second-order valence-electron chi connectivity index (χ2n) is 4.57. The number of alkyl halides is 6. The molecule has 0 radical (unpaired) electrons. The predicted octanol–water partition coefficient (Wildman–Crippen LogP) is 5.18. The minimum absolute atomic E-state index is 0.0357. The van der Waals surface area contributed by atoms with Crippen molar-refractivity contribution >= 4 is 5.69 Å². The molecular formula is C14H7F6NO3. The summed E-state index contributed by atoms with van der Waals surface area (Å²) < 4.78 is 78.3. The van der Waals surface area contributed by atoms with Crippen LogP contribution in [0.5, 0.6) is 5.75 Å². The lowest BCUT2D eigenvalue weighted by molar-refractivity contribution is -0.388. The van der Waals surface area contributed by atoms with Gasteiger partial charge in [-0.15, -0.1) is 13.2 Å². The van der Waals surface area contributed by atoms with Crippen molar-refractivity contribution < 1.29 is 36.0 Å². The number of nitro groups is 1. The van der Waals surface area contributed by atoms with E-state index in [0.717, 1.165) is 30.3 Å². The van der Waals surface area contributed by atoms with Crippen LogP contribution in [0.2, 0.25) is 0 Å². The van der Waals surface area contributed by atoms with Crippen LogP contribution in [0.15, 0.2) is 42.5 Å². The van der Waals surface area contributed by atoms with Crippen LogP contribution in [0.4, 0.5) is 32.0 Å². The van der Waals surface area contributed by atoms with Crippen LogP contribution in [0.25, 0.3) is 11.1 Å². The summed E-state index contributed by atoms with van der Waals surface area (Å²) in [5.74, 6) is -1.05. The van der Waals surface area contributed by atoms with E-state index in [0.29, 0.717) is 6.07 Å². The van der Waals surface area contributed by atoms with E-state index in [1.807, 2.05) is 0 Å². The van der Waals surface area contributed by atoms with Crippen LogP contribution in [0.1, 0.15) is 5.56 Å². The predicted molar refractivity (Wildman–Crippen MR) is 70.2 cm³/mol. The van der Waals surface area contributed by atoms with Crippen LogP contribution in [0.3, 0.4) is 0 Å². The molecule has 2 rings (SSSR count). The first-order valence-corrected chi connectivity index (χ1v) is 6.19. The fraction of sp³-hybridized carbons (Fsp3) is 0.143. The first kappa shape index (κ1) is 17.6. The van der Waals surface area contributed by atoms with Gasteiger partial charge in [0.25, 0.3) is 0 Å². The molecule has 2 aromatic rings. The fourth-order valence-electron chi connectivity index (χ4n) is 1.93. The Morgan fingerprint density at radius 1 is 0.917 bits per heavy atom. The number of benzene rings is 2. The van der Waals surface area contributed by atoms with Crippen LogP contribution < -0.4 is 4.74 Å². The van der Waals surface area contributed by atoms with Gasteiger partial charge in [0.05, 0.1) is 10.5 Å². The fourth-order valence-corrected chi connectivity index (χ4v) is 1.93. The molecular weight excluding hydrogens is 344 g/mol. The molecule has 0 aromatic heterocycles. The van der Waals surface area contributed by atoms with Crippen LogP contribution in [-0.2, 0) is 6.18 Å². The second-order valence-corrected chi connectivity index (χ2v) is 4.57. The third-order valence-corrected chi connectivity index (χ3v) is 2.90.